The molecular formula is C16H24N2O. The first-order chi connectivity index (χ1) is 8.97. The molecule has 0 radical (unpaired) electrons. The molecule has 3 heteroatoms. The van der Waals surface area contributed by atoms with Gasteiger partial charge in [-0.15, -0.1) is 0 Å². The van der Waals surface area contributed by atoms with E-state index in [-0.39, 0.29) is 5.91 Å². The van der Waals surface area contributed by atoms with Crippen molar-refractivity contribution in [2.24, 2.45) is 0 Å². The highest BCUT2D eigenvalue weighted by molar-refractivity contribution is 5.97. The fourth-order valence-corrected chi connectivity index (χ4v) is 2.95. The number of carbonyl (C=O) groups is 1. The zero-order chi connectivity index (χ0) is 14.0. The number of hydrogen-bond donors (Lipinski definition) is 1. The Hall–Kier alpha value is -1.35. The van der Waals surface area contributed by atoms with Crippen molar-refractivity contribution in [3.63, 3.8) is 0 Å². The predicted octanol–water partition coefficient (Wildman–Crippen LogP) is 2.44. The highest BCUT2D eigenvalue weighted by Gasteiger charge is 2.20. The minimum absolute atomic E-state index is 0.0875. The third kappa shape index (κ3) is 3.35. The Morgan fingerprint density at radius 3 is 2.21 bits per heavy atom. The van der Waals surface area contributed by atoms with Gasteiger partial charge < -0.3 is 10.2 Å². The van der Waals surface area contributed by atoms with Gasteiger partial charge in [0.25, 0.3) is 5.91 Å². The van der Waals surface area contributed by atoms with Gasteiger partial charge in [-0.3, -0.25) is 4.79 Å². The first-order valence-corrected chi connectivity index (χ1v) is 7.04. The second-order valence-corrected chi connectivity index (χ2v) is 5.82. The van der Waals surface area contributed by atoms with Gasteiger partial charge in [0.15, 0.2) is 0 Å². The van der Waals surface area contributed by atoms with Crippen molar-refractivity contribution in [3.8, 4) is 0 Å². The number of rotatable bonds is 2. The lowest BCUT2D eigenvalue weighted by Crippen LogP contribution is -2.43. The van der Waals surface area contributed by atoms with Crippen molar-refractivity contribution in [2.45, 2.75) is 39.7 Å². The molecule has 0 saturated carbocycles. The molecular weight excluding hydrogens is 236 g/mol. The third-order valence-electron chi connectivity index (χ3n) is 3.96. The zero-order valence-electron chi connectivity index (χ0n) is 12.4. The molecule has 1 amide bonds. The molecule has 0 aromatic heterocycles. The molecule has 0 spiro atoms. The van der Waals surface area contributed by atoms with Crippen molar-refractivity contribution in [1.82, 2.24) is 10.2 Å². The van der Waals surface area contributed by atoms with E-state index < -0.39 is 0 Å². The molecule has 1 fully saturated rings. The van der Waals surface area contributed by atoms with E-state index in [1.165, 1.54) is 5.56 Å². The van der Waals surface area contributed by atoms with Crippen molar-refractivity contribution >= 4 is 5.91 Å². The topological polar surface area (TPSA) is 32.3 Å². The smallest absolute Gasteiger partial charge is 0.252 e. The summed E-state index contributed by atoms with van der Waals surface area (Å²) in [6.45, 7) is 8.24. The van der Waals surface area contributed by atoms with E-state index in [1.807, 2.05) is 13.8 Å². The van der Waals surface area contributed by atoms with Crippen LogP contribution in [0, 0.1) is 20.8 Å². The van der Waals surface area contributed by atoms with E-state index >= 15 is 0 Å². The lowest BCUT2D eigenvalue weighted by molar-refractivity contribution is 0.0915. The number of benzene rings is 1. The first-order valence-electron chi connectivity index (χ1n) is 7.04. The van der Waals surface area contributed by atoms with E-state index in [4.69, 9.17) is 0 Å². The predicted molar refractivity (Wildman–Crippen MR) is 78.6 cm³/mol. The number of aryl methyl sites for hydroxylation is 3. The first kappa shape index (κ1) is 14.1. The molecule has 0 bridgehead atoms. The fourth-order valence-electron chi connectivity index (χ4n) is 2.95. The quantitative estimate of drug-likeness (QED) is 0.886. The Balaban J connectivity index is 2.08. The Morgan fingerprint density at radius 2 is 1.68 bits per heavy atom. The highest BCUT2D eigenvalue weighted by Crippen LogP contribution is 2.17. The summed E-state index contributed by atoms with van der Waals surface area (Å²) in [7, 11) is 2.13. The van der Waals surface area contributed by atoms with Crippen LogP contribution < -0.4 is 5.32 Å². The van der Waals surface area contributed by atoms with Crippen molar-refractivity contribution in [3.05, 3.63) is 34.4 Å². The lowest BCUT2D eigenvalue weighted by atomic mass is 9.98. The number of hydrogen-bond acceptors (Lipinski definition) is 2. The molecule has 0 atom stereocenters. The van der Waals surface area contributed by atoms with Gasteiger partial charge >= 0.3 is 0 Å². The maximum atomic E-state index is 12.4. The summed E-state index contributed by atoms with van der Waals surface area (Å²) >= 11 is 0. The molecule has 3 nitrogen and oxygen atoms in total. The molecule has 1 N–H and O–H groups in total. The lowest BCUT2D eigenvalue weighted by Gasteiger charge is -2.29. The Labute approximate surface area is 116 Å². The van der Waals surface area contributed by atoms with Gasteiger partial charge in [-0.2, -0.15) is 0 Å². The maximum Gasteiger partial charge on any atom is 0.252 e. The number of carbonyl (C=O) groups excluding carboxylic acids is 1. The number of nitrogens with zero attached hydrogens (tertiary/aromatic N) is 1. The Morgan fingerprint density at radius 1 is 1.16 bits per heavy atom. The van der Waals surface area contributed by atoms with Crippen LogP contribution in [0.5, 0.6) is 0 Å². The van der Waals surface area contributed by atoms with Crippen molar-refractivity contribution in [1.29, 1.82) is 0 Å². The van der Waals surface area contributed by atoms with Gasteiger partial charge in [-0.25, -0.2) is 0 Å². The van der Waals surface area contributed by atoms with E-state index in [1.54, 1.807) is 0 Å². The number of amides is 1. The van der Waals surface area contributed by atoms with Gasteiger partial charge in [0.1, 0.15) is 0 Å². The average molecular weight is 260 g/mol. The molecule has 1 saturated heterocycles. The van der Waals surface area contributed by atoms with Crippen LogP contribution in [-0.2, 0) is 0 Å². The van der Waals surface area contributed by atoms with E-state index in [0.29, 0.717) is 6.04 Å². The molecule has 1 heterocycles. The Kier molecular flexibility index (Phi) is 4.25. The van der Waals surface area contributed by atoms with Crippen LogP contribution in [0.3, 0.4) is 0 Å². The molecule has 0 unspecified atom stereocenters. The second-order valence-electron chi connectivity index (χ2n) is 5.82. The Bertz CT molecular complexity index is 451. The minimum atomic E-state index is 0.0875. The van der Waals surface area contributed by atoms with Crippen LogP contribution in [0.15, 0.2) is 12.1 Å². The summed E-state index contributed by atoms with van der Waals surface area (Å²) < 4.78 is 0. The summed E-state index contributed by atoms with van der Waals surface area (Å²) in [5, 5.41) is 3.19. The minimum Gasteiger partial charge on any atom is -0.349 e. The molecule has 0 aliphatic carbocycles. The summed E-state index contributed by atoms with van der Waals surface area (Å²) in [5.74, 6) is 0.0875. The van der Waals surface area contributed by atoms with Crippen molar-refractivity contribution in [2.75, 3.05) is 20.1 Å². The molecule has 1 aliphatic heterocycles. The zero-order valence-corrected chi connectivity index (χ0v) is 12.4. The van der Waals surface area contributed by atoms with Crippen LogP contribution in [0.4, 0.5) is 0 Å². The third-order valence-corrected chi connectivity index (χ3v) is 3.96. The molecule has 104 valence electrons. The molecule has 2 rings (SSSR count). The summed E-state index contributed by atoms with van der Waals surface area (Å²) in [5.41, 5.74) is 4.21. The summed E-state index contributed by atoms with van der Waals surface area (Å²) in [6.07, 6.45) is 2.10. The second kappa shape index (κ2) is 5.74. The SMILES string of the molecule is Cc1cc(C)c(C(=O)NC2CCN(C)CC2)c(C)c1. The number of nitrogens with one attached hydrogen (secondary N) is 1. The summed E-state index contributed by atoms with van der Waals surface area (Å²) in [4.78, 5) is 14.7. The van der Waals surface area contributed by atoms with Crippen molar-refractivity contribution < 1.29 is 4.79 Å². The normalized spacial score (nSPS) is 17.5. The molecule has 1 aromatic carbocycles. The number of piperidine rings is 1. The van der Waals surface area contributed by atoms with Crippen LogP contribution in [-0.4, -0.2) is 37.0 Å². The van der Waals surface area contributed by atoms with Gasteiger partial charge in [0.2, 0.25) is 0 Å². The average Bonchev–Trinajstić information content (AvgIpc) is 2.30. The van der Waals surface area contributed by atoms with Crippen LogP contribution >= 0.6 is 0 Å². The maximum absolute atomic E-state index is 12.4. The monoisotopic (exact) mass is 260 g/mol. The van der Waals surface area contributed by atoms with Gasteiger partial charge in [0, 0.05) is 11.6 Å². The molecule has 1 aromatic rings. The summed E-state index contributed by atoms with van der Waals surface area (Å²) in [6, 6.07) is 4.48. The van der Waals surface area contributed by atoms with E-state index in [2.05, 4.69) is 36.3 Å². The van der Waals surface area contributed by atoms with Crippen LogP contribution in [0.2, 0.25) is 0 Å². The van der Waals surface area contributed by atoms with Crippen LogP contribution in [0.1, 0.15) is 39.9 Å². The largest absolute Gasteiger partial charge is 0.349 e. The van der Waals surface area contributed by atoms with Crippen LogP contribution in [0.25, 0.3) is 0 Å². The standard InChI is InChI=1S/C16H24N2O/c1-11-9-12(2)15(13(3)10-11)16(19)17-14-5-7-18(4)8-6-14/h9-10,14H,5-8H2,1-4H3,(H,17,19). The molecule has 19 heavy (non-hydrogen) atoms. The van der Waals surface area contributed by atoms with E-state index in [9.17, 15) is 4.79 Å². The van der Waals surface area contributed by atoms with Gasteiger partial charge in [-0.05, 0) is 64.9 Å². The van der Waals surface area contributed by atoms with E-state index in [0.717, 1.165) is 42.6 Å². The van der Waals surface area contributed by atoms with Gasteiger partial charge in [0.05, 0.1) is 0 Å². The molecule has 1 aliphatic rings. The fraction of sp³-hybridized carbons (Fsp3) is 0.562. The number of likely N-dealkylation sites (tertiary alicyclic amines) is 1. The van der Waals surface area contributed by atoms with Gasteiger partial charge in [-0.1, -0.05) is 17.7 Å². The highest BCUT2D eigenvalue weighted by atomic mass is 16.1.